The topological polar surface area (TPSA) is 101 Å². The summed E-state index contributed by atoms with van der Waals surface area (Å²) in [6.45, 7) is 5.59. The Balaban J connectivity index is 0.000000924. The smallest absolute Gasteiger partial charge is 0.262 e. The number of aromatic nitrogens is 2. The fourth-order valence-electron chi connectivity index (χ4n) is 2.61. The third-order valence-corrected chi connectivity index (χ3v) is 3.61. The van der Waals surface area contributed by atoms with Crippen LogP contribution < -0.4 is 10.9 Å². The number of phenols is 1. The van der Waals surface area contributed by atoms with Crippen molar-refractivity contribution < 1.29 is 14.7 Å². The van der Waals surface area contributed by atoms with E-state index >= 15 is 0 Å². The standard InChI is InChI=1S/C14H13N3O4.C2H6/c1-7-15-12-8(3-2-4-10(12)18)14(21)17(7)9-5-6-11(19)16-13(9)20;1-2/h2-4,9,18H,5-6H2,1H3,(H,16,19,20);1-2H3. The number of hydrogen-bond donors (Lipinski definition) is 2. The predicted molar refractivity (Wildman–Crippen MR) is 85.2 cm³/mol. The first-order chi connectivity index (χ1) is 11.0. The number of amides is 2. The highest BCUT2D eigenvalue weighted by atomic mass is 16.3. The Labute approximate surface area is 133 Å². The van der Waals surface area contributed by atoms with Gasteiger partial charge in [0.2, 0.25) is 11.8 Å². The number of imide groups is 1. The molecule has 0 saturated carbocycles. The van der Waals surface area contributed by atoms with Crippen LogP contribution in [0.1, 0.15) is 38.6 Å². The summed E-state index contributed by atoms with van der Waals surface area (Å²) in [4.78, 5) is 39.9. The maximum Gasteiger partial charge on any atom is 0.262 e. The molecule has 1 aliphatic heterocycles. The lowest BCUT2D eigenvalue weighted by Gasteiger charge is -2.24. The highest BCUT2D eigenvalue weighted by Gasteiger charge is 2.30. The molecule has 0 radical (unpaired) electrons. The molecule has 1 aliphatic rings. The fourth-order valence-corrected chi connectivity index (χ4v) is 2.61. The molecule has 1 unspecified atom stereocenters. The quantitative estimate of drug-likeness (QED) is 0.775. The SMILES string of the molecule is CC.Cc1nc2c(O)cccc2c(=O)n1C1CCC(=O)NC1=O. The number of aryl methyl sites for hydroxylation is 1. The van der Waals surface area contributed by atoms with Crippen molar-refractivity contribution in [1.29, 1.82) is 0 Å². The number of nitrogens with one attached hydrogen (secondary N) is 1. The van der Waals surface area contributed by atoms with Gasteiger partial charge in [-0.25, -0.2) is 4.98 Å². The Hall–Kier alpha value is -2.70. The number of carbonyl (C=O) groups excluding carboxylic acids is 2. The Morgan fingerprint density at radius 2 is 1.96 bits per heavy atom. The van der Waals surface area contributed by atoms with Crippen molar-refractivity contribution in [3.63, 3.8) is 0 Å². The van der Waals surface area contributed by atoms with Crippen LogP contribution in [0.25, 0.3) is 10.9 Å². The third-order valence-electron chi connectivity index (χ3n) is 3.61. The van der Waals surface area contributed by atoms with Gasteiger partial charge < -0.3 is 5.11 Å². The lowest BCUT2D eigenvalue weighted by Crippen LogP contribution is -2.45. The number of fused-ring (bicyclic) bond motifs is 1. The van der Waals surface area contributed by atoms with Crippen LogP contribution >= 0.6 is 0 Å². The summed E-state index contributed by atoms with van der Waals surface area (Å²) in [6, 6.07) is 3.79. The highest BCUT2D eigenvalue weighted by molar-refractivity contribution is 5.99. The zero-order valence-electron chi connectivity index (χ0n) is 13.3. The van der Waals surface area contributed by atoms with Gasteiger partial charge >= 0.3 is 0 Å². The van der Waals surface area contributed by atoms with Gasteiger partial charge in [0.05, 0.1) is 5.39 Å². The molecule has 7 nitrogen and oxygen atoms in total. The van der Waals surface area contributed by atoms with Crippen LogP contribution in [0.2, 0.25) is 0 Å². The zero-order chi connectivity index (χ0) is 17.1. The number of nitrogens with zero attached hydrogens (tertiary/aromatic N) is 2. The van der Waals surface area contributed by atoms with E-state index in [1.54, 1.807) is 19.1 Å². The molecule has 1 atom stereocenters. The average Bonchev–Trinajstić information content (AvgIpc) is 2.52. The second kappa shape index (κ2) is 6.60. The summed E-state index contributed by atoms with van der Waals surface area (Å²) >= 11 is 0. The largest absolute Gasteiger partial charge is 0.506 e. The number of rotatable bonds is 1. The molecule has 1 aromatic carbocycles. The number of para-hydroxylation sites is 1. The minimum absolute atomic E-state index is 0.0804. The Morgan fingerprint density at radius 1 is 1.26 bits per heavy atom. The van der Waals surface area contributed by atoms with E-state index in [1.165, 1.54) is 10.6 Å². The second-order valence-corrected chi connectivity index (χ2v) is 4.97. The first-order valence-electron chi connectivity index (χ1n) is 7.53. The molecule has 2 aromatic rings. The van der Waals surface area contributed by atoms with Crippen LogP contribution in [0, 0.1) is 6.92 Å². The summed E-state index contributed by atoms with van der Waals surface area (Å²) in [5, 5.41) is 12.2. The monoisotopic (exact) mass is 317 g/mol. The molecule has 1 saturated heterocycles. The van der Waals surface area contributed by atoms with Gasteiger partial charge in [0.25, 0.3) is 5.56 Å². The van der Waals surface area contributed by atoms with Gasteiger partial charge in [-0.1, -0.05) is 19.9 Å². The van der Waals surface area contributed by atoms with Crippen LogP contribution in [-0.4, -0.2) is 26.5 Å². The van der Waals surface area contributed by atoms with E-state index in [0.29, 0.717) is 5.82 Å². The van der Waals surface area contributed by atoms with E-state index in [2.05, 4.69) is 10.3 Å². The second-order valence-electron chi connectivity index (χ2n) is 4.97. The van der Waals surface area contributed by atoms with Gasteiger partial charge in [-0.3, -0.25) is 24.3 Å². The van der Waals surface area contributed by atoms with E-state index in [9.17, 15) is 19.5 Å². The summed E-state index contributed by atoms with van der Waals surface area (Å²) in [7, 11) is 0. The van der Waals surface area contributed by atoms with E-state index in [4.69, 9.17) is 0 Å². The van der Waals surface area contributed by atoms with E-state index < -0.39 is 17.5 Å². The molecule has 1 fully saturated rings. The molecular formula is C16H19N3O4. The van der Waals surface area contributed by atoms with Gasteiger partial charge in [0.1, 0.15) is 23.1 Å². The van der Waals surface area contributed by atoms with Crippen LogP contribution in [0.4, 0.5) is 0 Å². The first kappa shape index (κ1) is 16.7. The molecule has 0 aliphatic carbocycles. The number of benzene rings is 1. The van der Waals surface area contributed by atoms with Gasteiger partial charge in [-0.05, 0) is 25.5 Å². The summed E-state index contributed by atoms with van der Waals surface area (Å²) in [5.74, 6) is -0.599. The summed E-state index contributed by atoms with van der Waals surface area (Å²) in [6.07, 6.45) is 0.442. The van der Waals surface area contributed by atoms with Crippen LogP contribution in [0.15, 0.2) is 23.0 Å². The lowest BCUT2D eigenvalue weighted by molar-refractivity contribution is -0.135. The molecule has 7 heteroatoms. The molecule has 23 heavy (non-hydrogen) atoms. The molecule has 2 N–H and O–H groups in total. The molecule has 3 rings (SSSR count). The van der Waals surface area contributed by atoms with Gasteiger partial charge in [-0.2, -0.15) is 0 Å². The molecule has 2 amide bonds. The van der Waals surface area contributed by atoms with Crippen LogP contribution in [0.5, 0.6) is 5.75 Å². The summed E-state index contributed by atoms with van der Waals surface area (Å²) in [5.41, 5.74) is -0.188. The minimum Gasteiger partial charge on any atom is -0.506 e. The first-order valence-corrected chi connectivity index (χ1v) is 7.53. The van der Waals surface area contributed by atoms with Crippen LogP contribution in [0.3, 0.4) is 0 Å². The Bertz CT molecular complexity index is 826. The van der Waals surface area contributed by atoms with Crippen molar-refractivity contribution in [3.8, 4) is 5.75 Å². The number of phenolic OH excluding ortho intramolecular Hbond substituents is 1. The number of piperidine rings is 1. The minimum atomic E-state index is -0.755. The van der Waals surface area contributed by atoms with E-state index in [1.807, 2.05) is 13.8 Å². The number of aromatic hydroxyl groups is 1. The summed E-state index contributed by atoms with van der Waals surface area (Å²) < 4.78 is 1.28. The maximum atomic E-state index is 12.6. The molecular weight excluding hydrogens is 298 g/mol. The van der Waals surface area contributed by atoms with Gasteiger partial charge in [-0.15, -0.1) is 0 Å². The molecule has 2 heterocycles. The average molecular weight is 317 g/mol. The van der Waals surface area contributed by atoms with Crippen molar-refractivity contribution in [2.24, 2.45) is 0 Å². The predicted octanol–water partition coefficient (Wildman–Crippen LogP) is 1.41. The van der Waals surface area contributed by atoms with Crippen molar-refractivity contribution >= 4 is 22.7 Å². The molecule has 0 bridgehead atoms. The highest BCUT2D eigenvalue weighted by Crippen LogP contribution is 2.23. The normalized spacial score (nSPS) is 17.4. The molecule has 0 spiro atoms. The maximum absolute atomic E-state index is 12.6. The fraction of sp³-hybridized carbons (Fsp3) is 0.375. The van der Waals surface area contributed by atoms with E-state index in [-0.39, 0.29) is 35.4 Å². The van der Waals surface area contributed by atoms with Gasteiger partial charge in [0, 0.05) is 6.42 Å². The lowest BCUT2D eigenvalue weighted by atomic mass is 10.1. The van der Waals surface area contributed by atoms with Crippen molar-refractivity contribution in [3.05, 3.63) is 34.4 Å². The Kier molecular flexibility index (Phi) is 4.78. The number of hydrogen-bond acceptors (Lipinski definition) is 5. The van der Waals surface area contributed by atoms with Crippen molar-refractivity contribution in [2.75, 3.05) is 0 Å². The van der Waals surface area contributed by atoms with Crippen LogP contribution in [-0.2, 0) is 9.59 Å². The number of carbonyl (C=O) groups is 2. The van der Waals surface area contributed by atoms with Gasteiger partial charge in [0.15, 0.2) is 0 Å². The molecule has 1 aromatic heterocycles. The van der Waals surface area contributed by atoms with Crippen molar-refractivity contribution in [2.45, 2.75) is 39.7 Å². The van der Waals surface area contributed by atoms with Crippen molar-refractivity contribution in [1.82, 2.24) is 14.9 Å². The molecule has 122 valence electrons. The third kappa shape index (κ3) is 2.94. The van der Waals surface area contributed by atoms with E-state index in [0.717, 1.165) is 0 Å². The zero-order valence-corrected chi connectivity index (χ0v) is 13.3. The Morgan fingerprint density at radius 3 is 2.61 bits per heavy atom.